The quantitative estimate of drug-likeness (QED) is 0.867. The molecule has 1 atom stereocenters. The summed E-state index contributed by atoms with van der Waals surface area (Å²) in [5.74, 6) is 0. The van der Waals surface area contributed by atoms with Crippen LogP contribution in [-0.2, 0) is 21.3 Å². The molecular formula is C15H24N2O3S. The lowest BCUT2D eigenvalue weighted by Gasteiger charge is -2.31. The predicted octanol–water partition coefficient (Wildman–Crippen LogP) is 1.60. The molecule has 0 bridgehead atoms. The monoisotopic (exact) mass is 312 g/mol. The zero-order valence-electron chi connectivity index (χ0n) is 12.7. The average Bonchev–Trinajstić information content (AvgIpc) is 2.53. The maximum absolute atomic E-state index is 12.7. The first-order valence-corrected chi connectivity index (χ1v) is 8.84. The third-order valence-corrected chi connectivity index (χ3v) is 5.65. The van der Waals surface area contributed by atoms with Gasteiger partial charge in [-0.15, -0.1) is 0 Å². The molecule has 1 aromatic rings. The molecule has 6 heteroatoms. The smallest absolute Gasteiger partial charge is 0.243 e. The summed E-state index contributed by atoms with van der Waals surface area (Å²) in [7, 11) is -1.79. The lowest BCUT2D eigenvalue weighted by molar-refractivity contribution is 0.0572. The van der Waals surface area contributed by atoms with E-state index in [-0.39, 0.29) is 6.10 Å². The Morgan fingerprint density at radius 2 is 2.24 bits per heavy atom. The molecule has 0 saturated carbocycles. The van der Waals surface area contributed by atoms with Crippen LogP contribution in [0.3, 0.4) is 0 Å². The maximum atomic E-state index is 12.7. The normalized spacial score (nSPS) is 20.6. The lowest BCUT2D eigenvalue weighted by Crippen LogP contribution is -2.42. The summed E-state index contributed by atoms with van der Waals surface area (Å²) < 4.78 is 32.3. The fraction of sp³-hybridized carbons (Fsp3) is 0.600. The van der Waals surface area contributed by atoms with Gasteiger partial charge in [-0.2, -0.15) is 4.31 Å². The number of hydrogen-bond donors (Lipinski definition) is 1. The standard InChI is InChI=1S/C15H24N2O3S/c1-3-16-11-13-6-4-8-15(10-13)21(18,19)17-9-5-7-14(12-17)20-2/h4,6,8,10,14,16H,3,5,7,9,11-12H2,1-2H3. The van der Waals surface area contributed by atoms with Crippen LogP contribution < -0.4 is 5.32 Å². The van der Waals surface area contributed by atoms with Crippen LogP contribution in [0.4, 0.5) is 0 Å². The molecule has 21 heavy (non-hydrogen) atoms. The van der Waals surface area contributed by atoms with Crippen LogP contribution in [0.1, 0.15) is 25.3 Å². The van der Waals surface area contributed by atoms with Crippen LogP contribution in [-0.4, -0.2) is 45.6 Å². The zero-order chi connectivity index (χ0) is 15.3. The van der Waals surface area contributed by atoms with Crippen LogP contribution in [0, 0.1) is 0 Å². The molecular weight excluding hydrogens is 288 g/mol. The van der Waals surface area contributed by atoms with Crippen LogP contribution in [0.5, 0.6) is 0 Å². The summed E-state index contributed by atoms with van der Waals surface area (Å²) >= 11 is 0. The van der Waals surface area contributed by atoms with E-state index in [1.165, 1.54) is 4.31 Å². The Labute approximate surface area is 127 Å². The third-order valence-electron chi connectivity index (χ3n) is 3.79. The van der Waals surface area contributed by atoms with Gasteiger partial charge >= 0.3 is 0 Å². The van der Waals surface area contributed by atoms with Crippen molar-refractivity contribution in [1.82, 2.24) is 9.62 Å². The Kier molecular flexibility index (Phi) is 5.75. The molecule has 1 saturated heterocycles. The van der Waals surface area contributed by atoms with Gasteiger partial charge in [0.15, 0.2) is 0 Å². The van der Waals surface area contributed by atoms with E-state index in [0.717, 1.165) is 24.9 Å². The van der Waals surface area contributed by atoms with Crippen molar-refractivity contribution in [1.29, 1.82) is 0 Å². The number of methoxy groups -OCH3 is 1. The highest BCUT2D eigenvalue weighted by atomic mass is 32.2. The van der Waals surface area contributed by atoms with E-state index in [1.54, 1.807) is 25.3 Å². The van der Waals surface area contributed by atoms with Crippen molar-refractivity contribution >= 4 is 10.0 Å². The van der Waals surface area contributed by atoms with Crippen molar-refractivity contribution in [2.45, 2.75) is 37.3 Å². The highest BCUT2D eigenvalue weighted by Gasteiger charge is 2.30. The number of benzene rings is 1. The largest absolute Gasteiger partial charge is 0.380 e. The van der Waals surface area contributed by atoms with E-state index < -0.39 is 10.0 Å². The van der Waals surface area contributed by atoms with Gasteiger partial charge in [0, 0.05) is 26.7 Å². The summed E-state index contributed by atoms with van der Waals surface area (Å²) in [5, 5.41) is 3.21. The Bertz CT molecular complexity index is 560. The Morgan fingerprint density at radius 1 is 1.43 bits per heavy atom. The zero-order valence-corrected chi connectivity index (χ0v) is 13.5. The van der Waals surface area contributed by atoms with E-state index in [1.807, 2.05) is 13.0 Å². The molecule has 1 fully saturated rings. The molecule has 1 unspecified atom stereocenters. The minimum atomic E-state index is -3.43. The van der Waals surface area contributed by atoms with Gasteiger partial charge in [0.05, 0.1) is 11.0 Å². The van der Waals surface area contributed by atoms with E-state index in [4.69, 9.17) is 4.74 Å². The third kappa shape index (κ3) is 4.03. The van der Waals surface area contributed by atoms with Gasteiger partial charge in [0.2, 0.25) is 10.0 Å². The number of ether oxygens (including phenoxy) is 1. The van der Waals surface area contributed by atoms with Crippen molar-refractivity contribution in [3.8, 4) is 0 Å². The molecule has 1 aliphatic heterocycles. The molecule has 5 nitrogen and oxygen atoms in total. The number of piperidine rings is 1. The van der Waals surface area contributed by atoms with Crippen molar-refractivity contribution in [2.75, 3.05) is 26.7 Å². The number of sulfonamides is 1. The fourth-order valence-corrected chi connectivity index (χ4v) is 4.13. The summed E-state index contributed by atoms with van der Waals surface area (Å²) in [6.45, 7) is 4.58. The lowest BCUT2D eigenvalue weighted by atomic mass is 10.1. The molecule has 1 aliphatic rings. The summed E-state index contributed by atoms with van der Waals surface area (Å²) in [6, 6.07) is 7.17. The van der Waals surface area contributed by atoms with Crippen LogP contribution in [0.15, 0.2) is 29.2 Å². The second-order valence-corrected chi connectivity index (χ2v) is 7.23. The number of rotatable bonds is 6. The topological polar surface area (TPSA) is 58.6 Å². The van der Waals surface area contributed by atoms with Crippen molar-refractivity contribution in [2.24, 2.45) is 0 Å². The van der Waals surface area contributed by atoms with Crippen LogP contribution in [0.25, 0.3) is 0 Å². The number of nitrogens with one attached hydrogen (secondary N) is 1. The first-order chi connectivity index (χ1) is 10.1. The molecule has 1 aromatic carbocycles. The SMILES string of the molecule is CCNCc1cccc(S(=O)(=O)N2CCCC(OC)C2)c1. The Morgan fingerprint density at radius 3 is 2.95 bits per heavy atom. The van der Waals surface area contributed by atoms with Gasteiger partial charge in [-0.25, -0.2) is 8.42 Å². The fourth-order valence-electron chi connectivity index (χ4n) is 2.55. The van der Waals surface area contributed by atoms with Gasteiger partial charge in [-0.3, -0.25) is 0 Å². The van der Waals surface area contributed by atoms with E-state index in [9.17, 15) is 8.42 Å². The molecule has 0 aliphatic carbocycles. The van der Waals surface area contributed by atoms with Crippen molar-refractivity contribution < 1.29 is 13.2 Å². The Balaban J connectivity index is 2.18. The average molecular weight is 312 g/mol. The van der Waals surface area contributed by atoms with Gasteiger partial charge < -0.3 is 10.1 Å². The van der Waals surface area contributed by atoms with E-state index in [0.29, 0.717) is 24.5 Å². The predicted molar refractivity (Wildman–Crippen MR) is 82.6 cm³/mol. The molecule has 1 N–H and O–H groups in total. The first-order valence-electron chi connectivity index (χ1n) is 7.40. The molecule has 0 amide bonds. The molecule has 118 valence electrons. The minimum absolute atomic E-state index is 0.00142. The number of nitrogens with zero attached hydrogens (tertiary/aromatic N) is 1. The summed E-state index contributed by atoms with van der Waals surface area (Å²) in [5.41, 5.74) is 0.984. The van der Waals surface area contributed by atoms with Crippen LogP contribution >= 0.6 is 0 Å². The van der Waals surface area contributed by atoms with Gasteiger partial charge in [-0.1, -0.05) is 19.1 Å². The molecule has 0 aromatic heterocycles. The highest BCUT2D eigenvalue weighted by Crippen LogP contribution is 2.22. The first kappa shape index (κ1) is 16.4. The summed E-state index contributed by atoms with van der Waals surface area (Å²) in [4.78, 5) is 0.370. The molecule has 2 rings (SSSR count). The molecule has 1 heterocycles. The van der Waals surface area contributed by atoms with Gasteiger partial charge in [-0.05, 0) is 37.1 Å². The number of hydrogen-bond acceptors (Lipinski definition) is 4. The van der Waals surface area contributed by atoms with Crippen molar-refractivity contribution in [3.05, 3.63) is 29.8 Å². The van der Waals surface area contributed by atoms with E-state index >= 15 is 0 Å². The van der Waals surface area contributed by atoms with Crippen LogP contribution in [0.2, 0.25) is 0 Å². The minimum Gasteiger partial charge on any atom is -0.380 e. The second kappa shape index (κ2) is 7.35. The summed E-state index contributed by atoms with van der Waals surface area (Å²) in [6.07, 6.45) is 1.76. The maximum Gasteiger partial charge on any atom is 0.243 e. The highest BCUT2D eigenvalue weighted by molar-refractivity contribution is 7.89. The van der Waals surface area contributed by atoms with Crippen molar-refractivity contribution in [3.63, 3.8) is 0 Å². The second-order valence-electron chi connectivity index (χ2n) is 5.29. The molecule has 0 radical (unpaired) electrons. The Hall–Kier alpha value is -0.950. The molecule has 0 spiro atoms. The van der Waals surface area contributed by atoms with Gasteiger partial charge in [0.1, 0.15) is 0 Å². The van der Waals surface area contributed by atoms with E-state index in [2.05, 4.69) is 5.32 Å². The van der Waals surface area contributed by atoms with Gasteiger partial charge in [0.25, 0.3) is 0 Å².